The van der Waals surface area contributed by atoms with E-state index in [1.54, 1.807) is 0 Å². The summed E-state index contributed by atoms with van der Waals surface area (Å²) in [6, 6.07) is 3.64. The van der Waals surface area contributed by atoms with Gasteiger partial charge in [0.05, 0.1) is 0 Å². The lowest BCUT2D eigenvalue weighted by molar-refractivity contribution is 0.496. The van der Waals surface area contributed by atoms with E-state index in [2.05, 4.69) is 5.32 Å². The molecule has 0 aromatic heterocycles. The number of rotatable bonds is 5. The van der Waals surface area contributed by atoms with E-state index in [-0.39, 0.29) is 17.2 Å². The number of hydrogen-bond donors (Lipinski definition) is 1. The fraction of sp³-hybridized carbons (Fsp3) is 0.500. The number of halogens is 3. The third-order valence-corrected chi connectivity index (χ3v) is 2.51. The van der Waals surface area contributed by atoms with Crippen LogP contribution < -0.4 is 5.32 Å². The SMILES string of the molecule is CC(Cl)CC(C)NCc1cc(F)ccc1F. The van der Waals surface area contributed by atoms with Gasteiger partial charge < -0.3 is 5.32 Å². The Bertz CT molecular complexity index is 342. The van der Waals surface area contributed by atoms with Gasteiger partial charge in [0.25, 0.3) is 0 Å². The molecule has 1 rings (SSSR count). The average molecular weight is 248 g/mol. The van der Waals surface area contributed by atoms with Crippen molar-refractivity contribution in [1.82, 2.24) is 5.32 Å². The van der Waals surface area contributed by atoms with Gasteiger partial charge in [-0.3, -0.25) is 0 Å². The molecule has 0 saturated heterocycles. The standard InChI is InChI=1S/C12H16ClF2N/c1-8(13)5-9(2)16-7-10-6-11(14)3-4-12(10)15/h3-4,6,8-9,16H,5,7H2,1-2H3. The maximum atomic E-state index is 13.2. The van der Waals surface area contributed by atoms with Crippen LogP contribution in [-0.2, 0) is 6.54 Å². The van der Waals surface area contributed by atoms with E-state index in [9.17, 15) is 8.78 Å². The maximum Gasteiger partial charge on any atom is 0.127 e. The molecule has 1 aromatic rings. The summed E-state index contributed by atoms with van der Waals surface area (Å²) in [7, 11) is 0. The largest absolute Gasteiger partial charge is 0.310 e. The first kappa shape index (κ1) is 13.4. The summed E-state index contributed by atoms with van der Waals surface area (Å²) in [6.07, 6.45) is 0.790. The number of nitrogens with one attached hydrogen (secondary N) is 1. The quantitative estimate of drug-likeness (QED) is 0.786. The third-order valence-electron chi connectivity index (χ3n) is 2.33. The van der Waals surface area contributed by atoms with E-state index in [4.69, 9.17) is 11.6 Å². The summed E-state index contributed by atoms with van der Waals surface area (Å²) in [5.74, 6) is -0.809. The van der Waals surface area contributed by atoms with Crippen LogP contribution in [0, 0.1) is 11.6 Å². The average Bonchev–Trinajstić information content (AvgIpc) is 2.18. The van der Waals surface area contributed by atoms with Gasteiger partial charge in [-0.25, -0.2) is 8.78 Å². The Hall–Kier alpha value is -0.670. The van der Waals surface area contributed by atoms with Crippen LogP contribution in [0.5, 0.6) is 0 Å². The van der Waals surface area contributed by atoms with Crippen molar-refractivity contribution >= 4 is 11.6 Å². The zero-order valence-electron chi connectivity index (χ0n) is 9.43. The number of benzene rings is 1. The molecule has 90 valence electrons. The molecule has 1 aromatic carbocycles. The summed E-state index contributed by atoms with van der Waals surface area (Å²) in [5.41, 5.74) is 0.342. The lowest BCUT2D eigenvalue weighted by Crippen LogP contribution is -2.27. The molecule has 1 nitrogen and oxygen atoms in total. The molecular formula is C12H16ClF2N. The fourth-order valence-electron chi connectivity index (χ4n) is 1.53. The van der Waals surface area contributed by atoms with Crippen molar-refractivity contribution < 1.29 is 8.78 Å². The van der Waals surface area contributed by atoms with Gasteiger partial charge in [0.2, 0.25) is 0 Å². The van der Waals surface area contributed by atoms with E-state index in [0.29, 0.717) is 12.1 Å². The van der Waals surface area contributed by atoms with E-state index in [1.165, 1.54) is 6.07 Å². The summed E-state index contributed by atoms with van der Waals surface area (Å²) in [4.78, 5) is 0. The van der Waals surface area contributed by atoms with E-state index >= 15 is 0 Å². The Balaban J connectivity index is 2.51. The van der Waals surface area contributed by atoms with Crippen molar-refractivity contribution in [2.24, 2.45) is 0 Å². The minimum atomic E-state index is -0.420. The van der Waals surface area contributed by atoms with Gasteiger partial charge in [0.15, 0.2) is 0 Å². The first-order chi connectivity index (χ1) is 7.49. The zero-order valence-corrected chi connectivity index (χ0v) is 10.2. The van der Waals surface area contributed by atoms with Crippen molar-refractivity contribution in [2.75, 3.05) is 0 Å². The van der Waals surface area contributed by atoms with Crippen LogP contribution in [0.3, 0.4) is 0 Å². The second-order valence-corrected chi connectivity index (χ2v) is 4.78. The van der Waals surface area contributed by atoms with Crippen LogP contribution in [-0.4, -0.2) is 11.4 Å². The van der Waals surface area contributed by atoms with Crippen molar-refractivity contribution in [1.29, 1.82) is 0 Å². The highest BCUT2D eigenvalue weighted by Gasteiger charge is 2.08. The van der Waals surface area contributed by atoms with Gasteiger partial charge in [-0.15, -0.1) is 11.6 Å². The highest BCUT2D eigenvalue weighted by atomic mass is 35.5. The van der Waals surface area contributed by atoms with Crippen molar-refractivity contribution in [3.8, 4) is 0 Å². The summed E-state index contributed by atoms with van der Waals surface area (Å²) < 4.78 is 26.1. The minimum Gasteiger partial charge on any atom is -0.310 e. The molecule has 0 fully saturated rings. The Morgan fingerprint density at radius 1 is 1.31 bits per heavy atom. The number of hydrogen-bond acceptors (Lipinski definition) is 1. The van der Waals surface area contributed by atoms with E-state index in [0.717, 1.165) is 18.6 Å². The van der Waals surface area contributed by atoms with Gasteiger partial charge in [0, 0.05) is 23.5 Å². The highest BCUT2D eigenvalue weighted by molar-refractivity contribution is 6.20. The Morgan fingerprint density at radius 3 is 2.62 bits per heavy atom. The topological polar surface area (TPSA) is 12.0 Å². The van der Waals surface area contributed by atoms with E-state index in [1.807, 2.05) is 13.8 Å². The van der Waals surface area contributed by atoms with Crippen LogP contribution in [0.15, 0.2) is 18.2 Å². The van der Waals surface area contributed by atoms with Crippen LogP contribution in [0.4, 0.5) is 8.78 Å². The summed E-state index contributed by atoms with van der Waals surface area (Å²) in [5, 5.41) is 3.18. The molecular weight excluding hydrogens is 232 g/mol. The van der Waals surface area contributed by atoms with Gasteiger partial charge in [-0.2, -0.15) is 0 Å². The number of alkyl halides is 1. The van der Waals surface area contributed by atoms with Crippen molar-refractivity contribution in [3.63, 3.8) is 0 Å². The molecule has 0 spiro atoms. The van der Waals surface area contributed by atoms with Crippen molar-refractivity contribution in [2.45, 2.75) is 38.2 Å². The summed E-state index contributed by atoms with van der Waals surface area (Å²) >= 11 is 5.84. The highest BCUT2D eigenvalue weighted by Crippen LogP contribution is 2.10. The normalized spacial score (nSPS) is 14.8. The second kappa shape index (κ2) is 6.16. The molecule has 0 aliphatic rings. The molecule has 0 amide bonds. The third kappa shape index (κ3) is 4.45. The zero-order chi connectivity index (χ0) is 12.1. The van der Waals surface area contributed by atoms with Crippen LogP contribution >= 0.6 is 11.6 Å². The molecule has 0 heterocycles. The molecule has 0 bridgehead atoms. The van der Waals surface area contributed by atoms with E-state index < -0.39 is 5.82 Å². The lowest BCUT2D eigenvalue weighted by Gasteiger charge is -2.15. The van der Waals surface area contributed by atoms with Crippen LogP contribution in [0.1, 0.15) is 25.8 Å². The molecule has 1 N–H and O–H groups in total. The Labute approximate surface area is 99.8 Å². The maximum absolute atomic E-state index is 13.2. The predicted molar refractivity (Wildman–Crippen MR) is 62.6 cm³/mol. The smallest absolute Gasteiger partial charge is 0.127 e. The molecule has 0 saturated carbocycles. The first-order valence-corrected chi connectivity index (χ1v) is 5.74. The molecule has 0 aliphatic carbocycles. The fourth-order valence-corrected chi connectivity index (χ4v) is 1.80. The molecule has 0 aliphatic heterocycles. The molecule has 0 radical (unpaired) electrons. The minimum absolute atomic E-state index is 0.0693. The Morgan fingerprint density at radius 2 is 2.00 bits per heavy atom. The van der Waals surface area contributed by atoms with Crippen LogP contribution in [0.25, 0.3) is 0 Å². The molecule has 16 heavy (non-hydrogen) atoms. The second-order valence-electron chi connectivity index (χ2n) is 4.03. The van der Waals surface area contributed by atoms with Crippen molar-refractivity contribution in [3.05, 3.63) is 35.4 Å². The first-order valence-electron chi connectivity index (χ1n) is 5.30. The molecule has 4 heteroatoms. The van der Waals surface area contributed by atoms with Gasteiger partial charge in [-0.05, 0) is 38.5 Å². The Kier molecular flexibility index (Phi) is 5.16. The van der Waals surface area contributed by atoms with Gasteiger partial charge in [-0.1, -0.05) is 0 Å². The predicted octanol–water partition coefficient (Wildman–Crippen LogP) is 3.46. The molecule has 2 atom stereocenters. The summed E-state index contributed by atoms with van der Waals surface area (Å²) in [6.45, 7) is 4.19. The van der Waals surface area contributed by atoms with Gasteiger partial charge in [0.1, 0.15) is 11.6 Å². The lowest BCUT2D eigenvalue weighted by atomic mass is 10.1. The molecule has 2 unspecified atom stereocenters. The monoisotopic (exact) mass is 247 g/mol. The van der Waals surface area contributed by atoms with Crippen LogP contribution in [0.2, 0.25) is 0 Å². The van der Waals surface area contributed by atoms with Gasteiger partial charge >= 0.3 is 0 Å².